The van der Waals surface area contributed by atoms with Crippen LogP contribution >= 0.6 is 22.9 Å². The number of rotatable bonds is 3. The molecule has 84 valence electrons. The number of aryl methyl sites for hydroxylation is 1. The minimum atomic E-state index is -0.0884. The van der Waals surface area contributed by atoms with Crippen molar-refractivity contribution < 1.29 is 4.74 Å². The van der Waals surface area contributed by atoms with Gasteiger partial charge in [0.25, 0.3) is 0 Å². The second kappa shape index (κ2) is 4.89. The maximum Gasteiger partial charge on any atom is 0.122 e. The van der Waals surface area contributed by atoms with E-state index in [4.69, 9.17) is 16.3 Å². The van der Waals surface area contributed by atoms with Gasteiger partial charge in [0, 0.05) is 4.88 Å². The molecule has 0 saturated carbocycles. The first-order chi connectivity index (χ1) is 7.72. The molecule has 0 aliphatic carbocycles. The van der Waals surface area contributed by atoms with Gasteiger partial charge in [-0.1, -0.05) is 18.2 Å². The largest absolute Gasteiger partial charge is 0.496 e. The summed E-state index contributed by atoms with van der Waals surface area (Å²) in [6, 6.07) is 10.2. The van der Waals surface area contributed by atoms with E-state index in [0.29, 0.717) is 0 Å². The molecule has 2 aromatic rings. The van der Waals surface area contributed by atoms with Crippen LogP contribution in [-0.2, 0) is 0 Å². The molecule has 1 heterocycles. The lowest BCUT2D eigenvalue weighted by Crippen LogP contribution is -1.93. The number of halogens is 1. The molecular formula is C13H13ClOS. The van der Waals surface area contributed by atoms with Crippen molar-refractivity contribution in [2.45, 2.75) is 12.3 Å². The van der Waals surface area contributed by atoms with E-state index in [1.807, 2.05) is 30.5 Å². The fourth-order valence-corrected chi connectivity index (χ4v) is 2.68. The van der Waals surface area contributed by atoms with Crippen LogP contribution in [0.2, 0.25) is 0 Å². The zero-order chi connectivity index (χ0) is 11.5. The van der Waals surface area contributed by atoms with Crippen LogP contribution in [0.5, 0.6) is 5.75 Å². The number of thiophene rings is 1. The van der Waals surface area contributed by atoms with Gasteiger partial charge >= 0.3 is 0 Å². The van der Waals surface area contributed by atoms with E-state index in [1.165, 1.54) is 0 Å². The van der Waals surface area contributed by atoms with E-state index in [2.05, 4.69) is 12.1 Å². The highest BCUT2D eigenvalue weighted by Gasteiger charge is 2.13. The first-order valence-electron chi connectivity index (χ1n) is 5.04. The first-order valence-corrected chi connectivity index (χ1v) is 6.36. The van der Waals surface area contributed by atoms with Gasteiger partial charge in [0.1, 0.15) is 5.75 Å². The van der Waals surface area contributed by atoms with Crippen molar-refractivity contribution in [2.75, 3.05) is 7.11 Å². The SMILES string of the molecule is COc1cc(C(Cl)c2cccs2)ccc1C. The fraction of sp³-hybridized carbons (Fsp3) is 0.231. The Labute approximate surface area is 105 Å². The highest BCUT2D eigenvalue weighted by molar-refractivity contribution is 7.10. The molecule has 0 aliphatic rings. The molecule has 0 saturated heterocycles. The van der Waals surface area contributed by atoms with Crippen LogP contribution in [0.4, 0.5) is 0 Å². The van der Waals surface area contributed by atoms with Crippen LogP contribution < -0.4 is 4.74 Å². The molecule has 0 aliphatic heterocycles. The fourth-order valence-electron chi connectivity index (χ4n) is 1.59. The molecule has 0 N–H and O–H groups in total. The minimum Gasteiger partial charge on any atom is -0.496 e. The number of methoxy groups -OCH3 is 1. The number of benzene rings is 1. The second-order valence-electron chi connectivity index (χ2n) is 3.61. The summed E-state index contributed by atoms with van der Waals surface area (Å²) in [5.41, 5.74) is 2.20. The third-order valence-corrected chi connectivity index (χ3v) is 4.07. The summed E-state index contributed by atoms with van der Waals surface area (Å²) in [5.74, 6) is 0.889. The Morgan fingerprint density at radius 3 is 2.75 bits per heavy atom. The van der Waals surface area contributed by atoms with E-state index in [1.54, 1.807) is 18.4 Å². The molecule has 3 heteroatoms. The second-order valence-corrected chi connectivity index (χ2v) is 5.02. The lowest BCUT2D eigenvalue weighted by Gasteiger charge is -2.11. The molecule has 0 fully saturated rings. The molecule has 0 spiro atoms. The van der Waals surface area contributed by atoms with Gasteiger partial charge in [-0.2, -0.15) is 0 Å². The maximum absolute atomic E-state index is 6.41. The summed E-state index contributed by atoms with van der Waals surface area (Å²) >= 11 is 8.08. The smallest absolute Gasteiger partial charge is 0.122 e. The average molecular weight is 253 g/mol. The molecule has 1 aromatic heterocycles. The van der Waals surface area contributed by atoms with Crippen LogP contribution in [0.15, 0.2) is 35.7 Å². The highest BCUT2D eigenvalue weighted by Crippen LogP contribution is 2.34. The average Bonchev–Trinajstić information content (AvgIpc) is 2.82. The number of hydrogen-bond acceptors (Lipinski definition) is 2. The molecule has 1 aromatic carbocycles. The van der Waals surface area contributed by atoms with Gasteiger partial charge < -0.3 is 4.74 Å². The summed E-state index contributed by atoms with van der Waals surface area (Å²) in [6.45, 7) is 2.02. The van der Waals surface area contributed by atoms with Crippen molar-refractivity contribution in [2.24, 2.45) is 0 Å². The molecule has 0 radical (unpaired) electrons. The van der Waals surface area contributed by atoms with Crippen LogP contribution in [-0.4, -0.2) is 7.11 Å². The summed E-state index contributed by atoms with van der Waals surface area (Å²) in [7, 11) is 1.68. The van der Waals surface area contributed by atoms with Crippen molar-refractivity contribution in [3.8, 4) is 5.75 Å². The van der Waals surface area contributed by atoms with Gasteiger partial charge in [-0.25, -0.2) is 0 Å². The molecule has 1 unspecified atom stereocenters. The van der Waals surface area contributed by atoms with Crippen molar-refractivity contribution in [3.63, 3.8) is 0 Å². The van der Waals surface area contributed by atoms with Gasteiger partial charge in [-0.15, -0.1) is 22.9 Å². The van der Waals surface area contributed by atoms with Crippen LogP contribution in [0.25, 0.3) is 0 Å². The quantitative estimate of drug-likeness (QED) is 0.736. The van der Waals surface area contributed by atoms with Crippen LogP contribution in [0, 0.1) is 6.92 Å². The van der Waals surface area contributed by atoms with Gasteiger partial charge in [0.2, 0.25) is 0 Å². The first kappa shape index (κ1) is 11.5. The lowest BCUT2D eigenvalue weighted by atomic mass is 10.1. The van der Waals surface area contributed by atoms with Gasteiger partial charge in [0.05, 0.1) is 12.5 Å². The zero-order valence-corrected chi connectivity index (χ0v) is 10.8. The summed E-state index contributed by atoms with van der Waals surface area (Å²) in [4.78, 5) is 1.16. The number of hydrogen-bond donors (Lipinski definition) is 0. The Morgan fingerprint density at radius 1 is 1.31 bits per heavy atom. The monoisotopic (exact) mass is 252 g/mol. The number of alkyl halides is 1. The lowest BCUT2D eigenvalue weighted by molar-refractivity contribution is 0.411. The molecule has 1 nitrogen and oxygen atoms in total. The predicted octanol–water partition coefficient (Wildman–Crippen LogP) is 4.39. The Bertz CT molecular complexity index is 465. The highest BCUT2D eigenvalue weighted by atomic mass is 35.5. The molecule has 1 atom stereocenters. The van der Waals surface area contributed by atoms with E-state index in [-0.39, 0.29) is 5.38 Å². The maximum atomic E-state index is 6.41. The van der Waals surface area contributed by atoms with E-state index in [0.717, 1.165) is 21.8 Å². The van der Waals surface area contributed by atoms with Gasteiger partial charge in [0.15, 0.2) is 0 Å². The molecular weight excluding hydrogens is 240 g/mol. The minimum absolute atomic E-state index is 0.0884. The van der Waals surface area contributed by atoms with Crippen molar-refractivity contribution in [1.82, 2.24) is 0 Å². The van der Waals surface area contributed by atoms with Crippen LogP contribution in [0.3, 0.4) is 0 Å². The van der Waals surface area contributed by atoms with Crippen molar-refractivity contribution in [3.05, 3.63) is 51.7 Å². The molecule has 16 heavy (non-hydrogen) atoms. The zero-order valence-electron chi connectivity index (χ0n) is 9.24. The Kier molecular flexibility index (Phi) is 3.52. The normalized spacial score (nSPS) is 12.4. The Morgan fingerprint density at radius 2 is 2.12 bits per heavy atom. The Hall–Kier alpha value is -0.990. The summed E-state index contributed by atoms with van der Waals surface area (Å²) < 4.78 is 5.30. The van der Waals surface area contributed by atoms with Gasteiger partial charge in [-0.05, 0) is 35.6 Å². The topological polar surface area (TPSA) is 9.23 Å². The summed E-state index contributed by atoms with van der Waals surface area (Å²) in [6.07, 6.45) is 0. The van der Waals surface area contributed by atoms with Crippen molar-refractivity contribution in [1.29, 1.82) is 0 Å². The van der Waals surface area contributed by atoms with Gasteiger partial charge in [-0.3, -0.25) is 0 Å². The third kappa shape index (κ3) is 2.23. The molecule has 0 amide bonds. The molecule has 2 rings (SSSR count). The summed E-state index contributed by atoms with van der Waals surface area (Å²) in [5, 5.41) is 1.95. The van der Waals surface area contributed by atoms with E-state index >= 15 is 0 Å². The third-order valence-electron chi connectivity index (χ3n) is 2.52. The van der Waals surface area contributed by atoms with Crippen LogP contribution in [0.1, 0.15) is 21.4 Å². The number of ether oxygens (including phenoxy) is 1. The van der Waals surface area contributed by atoms with Crippen molar-refractivity contribution >= 4 is 22.9 Å². The van der Waals surface area contributed by atoms with E-state index in [9.17, 15) is 0 Å². The van der Waals surface area contributed by atoms with E-state index < -0.39 is 0 Å². The standard InChI is InChI=1S/C13H13ClOS/c1-9-5-6-10(8-11(9)15-2)13(14)12-4-3-7-16-12/h3-8,13H,1-2H3. The Balaban J connectivity index is 2.34. The predicted molar refractivity (Wildman–Crippen MR) is 69.7 cm³/mol. The molecule has 0 bridgehead atoms.